The molecule has 0 saturated heterocycles. The molecule has 1 aliphatic carbocycles. The van der Waals surface area contributed by atoms with Gasteiger partial charge in [0.15, 0.2) is 0 Å². The van der Waals surface area contributed by atoms with E-state index in [2.05, 4.69) is 31.9 Å². The number of aliphatic hydroxyl groups excluding tert-OH is 1. The van der Waals surface area contributed by atoms with Crippen molar-refractivity contribution in [3.8, 4) is 11.5 Å². The summed E-state index contributed by atoms with van der Waals surface area (Å²) in [6.45, 7) is 0. The number of halogens is 2. The molecule has 1 saturated carbocycles. The largest absolute Gasteiger partial charge is 0.496 e. The zero-order chi connectivity index (χ0) is 12.4. The second-order valence-corrected chi connectivity index (χ2v) is 5.78. The highest BCUT2D eigenvalue weighted by Gasteiger charge is 2.27. The predicted molar refractivity (Wildman–Crippen MR) is 72.7 cm³/mol. The van der Waals surface area contributed by atoms with E-state index >= 15 is 0 Å². The molecule has 1 N–H and O–H groups in total. The van der Waals surface area contributed by atoms with Crippen LogP contribution in [0.1, 0.15) is 19.3 Å². The summed E-state index contributed by atoms with van der Waals surface area (Å²) in [4.78, 5) is 0. The zero-order valence-corrected chi connectivity index (χ0v) is 12.6. The van der Waals surface area contributed by atoms with Crippen LogP contribution in [-0.2, 0) is 0 Å². The van der Waals surface area contributed by atoms with E-state index in [0.717, 1.165) is 39.7 Å². The second kappa shape index (κ2) is 5.59. The Balaban J connectivity index is 2.18. The molecule has 1 fully saturated rings. The average Bonchev–Trinajstić information content (AvgIpc) is 2.69. The molecular weight excluding hydrogens is 352 g/mol. The van der Waals surface area contributed by atoms with Crippen LogP contribution in [0.4, 0.5) is 0 Å². The minimum absolute atomic E-state index is 0.105. The number of aliphatic hydroxyl groups is 1. The summed E-state index contributed by atoms with van der Waals surface area (Å²) in [5.41, 5.74) is 0. The number of hydrogen-bond donors (Lipinski definition) is 1. The SMILES string of the molecule is COc1cc(Br)c(OC2CCCC2O)cc1Br. The van der Waals surface area contributed by atoms with Gasteiger partial charge in [0.25, 0.3) is 0 Å². The molecule has 2 atom stereocenters. The lowest BCUT2D eigenvalue weighted by Gasteiger charge is -2.19. The Hall–Kier alpha value is -0.260. The maximum absolute atomic E-state index is 9.73. The van der Waals surface area contributed by atoms with Crippen molar-refractivity contribution in [1.29, 1.82) is 0 Å². The fourth-order valence-electron chi connectivity index (χ4n) is 1.96. The topological polar surface area (TPSA) is 38.7 Å². The smallest absolute Gasteiger partial charge is 0.135 e. The first-order chi connectivity index (χ1) is 8.11. The Morgan fingerprint density at radius 3 is 2.41 bits per heavy atom. The third-order valence-corrected chi connectivity index (χ3v) is 4.14. The second-order valence-electron chi connectivity index (χ2n) is 4.07. The molecule has 3 nitrogen and oxygen atoms in total. The van der Waals surface area contributed by atoms with Crippen molar-refractivity contribution in [3.63, 3.8) is 0 Å². The van der Waals surface area contributed by atoms with Gasteiger partial charge in [-0.3, -0.25) is 0 Å². The van der Waals surface area contributed by atoms with E-state index in [1.54, 1.807) is 7.11 Å². The number of benzene rings is 1. The first kappa shape index (κ1) is 13.2. The molecule has 0 heterocycles. The lowest BCUT2D eigenvalue weighted by molar-refractivity contribution is 0.0598. The van der Waals surface area contributed by atoms with Gasteiger partial charge in [-0.05, 0) is 63.3 Å². The number of rotatable bonds is 3. The molecule has 2 rings (SSSR count). The number of hydrogen-bond acceptors (Lipinski definition) is 3. The molecule has 0 spiro atoms. The van der Waals surface area contributed by atoms with E-state index in [0.29, 0.717) is 0 Å². The Bertz CT molecular complexity index is 409. The Kier molecular flexibility index (Phi) is 4.33. The van der Waals surface area contributed by atoms with Gasteiger partial charge in [0.1, 0.15) is 17.6 Å². The number of methoxy groups -OCH3 is 1. The fraction of sp³-hybridized carbons (Fsp3) is 0.500. The van der Waals surface area contributed by atoms with Crippen molar-refractivity contribution in [3.05, 3.63) is 21.1 Å². The van der Waals surface area contributed by atoms with Crippen LogP contribution >= 0.6 is 31.9 Å². The van der Waals surface area contributed by atoms with Crippen molar-refractivity contribution in [1.82, 2.24) is 0 Å². The quantitative estimate of drug-likeness (QED) is 0.890. The van der Waals surface area contributed by atoms with E-state index in [4.69, 9.17) is 9.47 Å². The van der Waals surface area contributed by atoms with Crippen LogP contribution in [-0.4, -0.2) is 24.4 Å². The number of ether oxygens (including phenoxy) is 2. The van der Waals surface area contributed by atoms with Crippen LogP contribution < -0.4 is 9.47 Å². The van der Waals surface area contributed by atoms with Gasteiger partial charge in [-0.15, -0.1) is 0 Å². The van der Waals surface area contributed by atoms with E-state index in [-0.39, 0.29) is 12.2 Å². The molecule has 0 radical (unpaired) electrons. The summed E-state index contributed by atoms with van der Waals surface area (Å²) in [5, 5.41) is 9.73. The van der Waals surface area contributed by atoms with Gasteiger partial charge in [0, 0.05) is 0 Å². The monoisotopic (exact) mass is 364 g/mol. The Labute approximate surface area is 117 Å². The Morgan fingerprint density at radius 1 is 1.18 bits per heavy atom. The molecule has 2 unspecified atom stereocenters. The highest BCUT2D eigenvalue weighted by molar-refractivity contribution is 9.11. The molecule has 1 aromatic rings. The summed E-state index contributed by atoms with van der Waals surface area (Å²) in [7, 11) is 1.62. The van der Waals surface area contributed by atoms with Crippen molar-refractivity contribution in [2.24, 2.45) is 0 Å². The van der Waals surface area contributed by atoms with Crippen LogP contribution in [0.3, 0.4) is 0 Å². The van der Waals surface area contributed by atoms with Crippen LogP contribution in [0.2, 0.25) is 0 Å². The average molecular weight is 366 g/mol. The zero-order valence-electron chi connectivity index (χ0n) is 9.45. The third-order valence-electron chi connectivity index (χ3n) is 2.90. The lowest BCUT2D eigenvalue weighted by atomic mass is 10.2. The maximum atomic E-state index is 9.73. The molecule has 94 valence electrons. The summed E-state index contributed by atoms with van der Waals surface area (Å²) < 4.78 is 12.7. The molecular formula is C12H14Br2O3. The molecule has 0 bridgehead atoms. The van der Waals surface area contributed by atoms with Gasteiger partial charge in [-0.1, -0.05) is 0 Å². The summed E-state index contributed by atoms with van der Waals surface area (Å²) in [5.74, 6) is 1.47. The van der Waals surface area contributed by atoms with Crippen LogP contribution in [0, 0.1) is 0 Å². The van der Waals surface area contributed by atoms with Gasteiger partial charge < -0.3 is 14.6 Å². The minimum Gasteiger partial charge on any atom is -0.496 e. The third kappa shape index (κ3) is 2.95. The van der Waals surface area contributed by atoms with Crippen molar-refractivity contribution < 1.29 is 14.6 Å². The molecule has 0 aliphatic heterocycles. The molecule has 1 aromatic carbocycles. The molecule has 0 aromatic heterocycles. The summed E-state index contributed by atoms with van der Waals surface area (Å²) in [6, 6.07) is 3.70. The normalized spacial score (nSPS) is 23.8. The van der Waals surface area contributed by atoms with E-state index < -0.39 is 0 Å². The predicted octanol–water partition coefficient (Wildman–Crippen LogP) is 3.51. The Morgan fingerprint density at radius 2 is 1.82 bits per heavy atom. The molecule has 5 heteroatoms. The summed E-state index contributed by atoms with van der Waals surface area (Å²) >= 11 is 6.86. The van der Waals surface area contributed by atoms with Crippen LogP contribution in [0.25, 0.3) is 0 Å². The fourth-order valence-corrected chi connectivity index (χ4v) is 2.86. The van der Waals surface area contributed by atoms with E-state index in [9.17, 15) is 5.11 Å². The highest BCUT2D eigenvalue weighted by Crippen LogP contribution is 2.37. The maximum Gasteiger partial charge on any atom is 0.135 e. The summed E-state index contributed by atoms with van der Waals surface area (Å²) in [6.07, 6.45) is 2.27. The van der Waals surface area contributed by atoms with Crippen molar-refractivity contribution in [2.75, 3.05) is 7.11 Å². The molecule has 17 heavy (non-hydrogen) atoms. The van der Waals surface area contributed by atoms with Crippen LogP contribution in [0.15, 0.2) is 21.1 Å². The molecule has 0 amide bonds. The minimum atomic E-state index is -0.359. The van der Waals surface area contributed by atoms with E-state index in [1.165, 1.54) is 0 Å². The molecule has 1 aliphatic rings. The van der Waals surface area contributed by atoms with E-state index in [1.807, 2.05) is 12.1 Å². The van der Waals surface area contributed by atoms with Gasteiger partial charge in [-0.25, -0.2) is 0 Å². The van der Waals surface area contributed by atoms with Gasteiger partial charge in [0.05, 0.1) is 22.2 Å². The standard InChI is InChI=1S/C12H14Br2O3/c1-16-11-5-8(14)12(6-7(11)13)17-10-4-2-3-9(10)15/h5-6,9-10,15H,2-4H2,1H3. The van der Waals surface area contributed by atoms with Gasteiger partial charge in [0.2, 0.25) is 0 Å². The van der Waals surface area contributed by atoms with Gasteiger partial charge >= 0.3 is 0 Å². The lowest BCUT2D eigenvalue weighted by Crippen LogP contribution is -2.25. The first-order valence-corrected chi connectivity index (χ1v) is 7.08. The highest BCUT2D eigenvalue weighted by atomic mass is 79.9. The van der Waals surface area contributed by atoms with Crippen molar-refractivity contribution in [2.45, 2.75) is 31.5 Å². The van der Waals surface area contributed by atoms with Crippen LogP contribution in [0.5, 0.6) is 11.5 Å². The first-order valence-electron chi connectivity index (χ1n) is 5.49. The van der Waals surface area contributed by atoms with Gasteiger partial charge in [-0.2, -0.15) is 0 Å². The van der Waals surface area contributed by atoms with Crippen molar-refractivity contribution >= 4 is 31.9 Å².